The summed E-state index contributed by atoms with van der Waals surface area (Å²) < 4.78 is 6.11. The molecule has 3 heterocycles. The van der Waals surface area contributed by atoms with Crippen molar-refractivity contribution in [3.8, 4) is 66.3 Å². The van der Waals surface area contributed by atoms with Crippen molar-refractivity contribution in [2.75, 3.05) is 0 Å². The number of rotatable bonds is 7. The molecule has 0 N–H and O–H groups in total. The van der Waals surface area contributed by atoms with Crippen LogP contribution in [0.2, 0.25) is 0 Å². The first-order valence-electron chi connectivity index (χ1n) is 22.2. The fourth-order valence-electron chi connectivity index (χ4n) is 10.1. The minimum absolute atomic E-state index is 1.15. The highest BCUT2D eigenvalue weighted by Crippen LogP contribution is 2.47. The molecule has 304 valence electrons. The van der Waals surface area contributed by atoms with Gasteiger partial charge in [-0.05, 0) is 129 Å². The van der Waals surface area contributed by atoms with E-state index in [1.807, 2.05) is 11.3 Å². The van der Waals surface area contributed by atoms with Gasteiger partial charge < -0.3 is 9.13 Å². The molecule has 0 aliphatic rings. The van der Waals surface area contributed by atoms with Gasteiger partial charge in [0.15, 0.2) is 0 Å². The van der Waals surface area contributed by atoms with Gasteiger partial charge in [0.2, 0.25) is 0 Å². The molecule has 0 aliphatic carbocycles. The number of benzene rings is 10. The molecule has 0 amide bonds. The average Bonchev–Trinajstić information content (AvgIpc) is 4.04. The molecule has 0 atom stereocenters. The van der Waals surface area contributed by atoms with Crippen LogP contribution in [-0.2, 0) is 0 Å². The van der Waals surface area contributed by atoms with E-state index >= 15 is 0 Å². The lowest BCUT2D eigenvalue weighted by Crippen LogP contribution is -1.93. The van der Waals surface area contributed by atoms with Crippen molar-refractivity contribution in [1.29, 1.82) is 0 Å². The molecule has 3 aromatic heterocycles. The smallest absolute Gasteiger partial charge is 0.0541 e. The lowest BCUT2D eigenvalue weighted by atomic mass is 9.95. The van der Waals surface area contributed by atoms with Crippen molar-refractivity contribution >= 4 is 65.0 Å². The number of thiophene rings is 1. The molecule has 3 heteroatoms. The minimum Gasteiger partial charge on any atom is -0.309 e. The third-order valence-corrected chi connectivity index (χ3v) is 14.3. The van der Waals surface area contributed by atoms with Crippen LogP contribution in [0.15, 0.2) is 243 Å². The van der Waals surface area contributed by atoms with Gasteiger partial charge in [0.05, 0.1) is 22.1 Å². The van der Waals surface area contributed by atoms with Crippen molar-refractivity contribution in [1.82, 2.24) is 9.13 Å². The van der Waals surface area contributed by atoms with Crippen molar-refractivity contribution in [2.45, 2.75) is 0 Å². The van der Waals surface area contributed by atoms with Crippen molar-refractivity contribution in [3.05, 3.63) is 243 Å². The monoisotopic (exact) mass is 844 g/mol. The number of nitrogens with zero attached hydrogens (tertiary/aromatic N) is 2. The molecular weight excluding hydrogens is 805 g/mol. The van der Waals surface area contributed by atoms with Crippen molar-refractivity contribution < 1.29 is 0 Å². The lowest BCUT2D eigenvalue weighted by Gasteiger charge is -2.09. The molecule has 2 nitrogen and oxygen atoms in total. The Labute approximate surface area is 381 Å². The van der Waals surface area contributed by atoms with Crippen molar-refractivity contribution in [3.63, 3.8) is 0 Å². The van der Waals surface area contributed by atoms with Gasteiger partial charge in [-0.25, -0.2) is 0 Å². The van der Waals surface area contributed by atoms with Gasteiger partial charge in [0, 0.05) is 53.4 Å². The number of aromatic nitrogens is 2. The first-order valence-corrected chi connectivity index (χ1v) is 23.1. The van der Waals surface area contributed by atoms with Crippen LogP contribution in [0.5, 0.6) is 0 Å². The number of para-hydroxylation sites is 2. The van der Waals surface area contributed by atoms with E-state index in [1.165, 1.54) is 109 Å². The van der Waals surface area contributed by atoms with Crippen LogP contribution in [0.25, 0.3) is 120 Å². The van der Waals surface area contributed by atoms with E-state index in [1.54, 1.807) is 0 Å². The Morgan fingerprint density at radius 3 is 0.985 bits per heavy atom. The molecule has 0 bridgehead atoms. The summed E-state index contributed by atoms with van der Waals surface area (Å²) in [6.45, 7) is 0. The zero-order chi connectivity index (χ0) is 42.8. The fourth-order valence-corrected chi connectivity index (χ4v) is 11.3. The predicted octanol–water partition coefficient (Wildman–Crippen LogP) is 17.4. The van der Waals surface area contributed by atoms with E-state index in [2.05, 4.69) is 252 Å². The molecule has 0 unspecified atom stereocenters. The normalized spacial score (nSPS) is 11.7. The summed E-state index contributed by atoms with van der Waals surface area (Å²) in [5.41, 5.74) is 18.1. The topological polar surface area (TPSA) is 9.86 Å². The van der Waals surface area contributed by atoms with E-state index in [-0.39, 0.29) is 0 Å². The van der Waals surface area contributed by atoms with Gasteiger partial charge in [-0.15, -0.1) is 11.3 Å². The Morgan fingerprint density at radius 2 is 0.569 bits per heavy atom. The summed E-state index contributed by atoms with van der Waals surface area (Å²) in [6.07, 6.45) is 0. The molecule has 13 rings (SSSR count). The second-order valence-corrected chi connectivity index (χ2v) is 17.9. The molecule has 0 radical (unpaired) electrons. The van der Waals surface area contributed by atoms with Crippen LogP contribution in [0, 0.1) is 0 Å². The number of hydrogen-bond donors (Lipinski definition) is 0. The van der Waals surface area contributed by atoms with Crippen LogP contribution >= 0.6 is 11.3 Å². The minimum atomic E-state index is 1.15. The maximum atomic E-state index is 2.42. The van der Waals surface area contributed by atoms with Gasteiger partial charge >= 0.3 is 0 Å². The highest BCUT2D eigenvalue weighted by molar-refractivity contribution is 7.23. The quantitative estimate of drug-likeness (QED) is 0.151. The third-order valence-electron chi connectivity index (χ3n) is 13.1. The zero-order valence-corrected chi connectivity index (χ0v) is 36.2. The average molecular weight is 845 g/mol. The van der Waals surface area contributed by atoms with Crippen LogP contribution in [0.1, 0.15) is 0 Å². The van der Waals surface area contributed by atoms with E-state index in [4.69, 9.17) is 0 Å². The van der Waals surface area contributed by atoms with Crippen LogP contribution in [0.4, 0.5) is 0 Å². The van der Waals surface area contributed by atoms with Gasteiger partial charge in [-0.3, -0.25) is 0 Å². The molecule has 0 saturated heterocycles. The highest BCUT2D eigenvalue weighted by Gasteiger charge is 2.20. The molecule has 65 heavy (non-hydrogen) atoms. The van der Waals surface area contributed by atoms with Gasteiger partial charge in [0.1, 0.15) is 0 Å². The molecule has 10 aromatic carbocycles. The standard InChI is InChI=1S/C62H40N2S/c1-6-16-41(17-7-1)44-26-31-56-51(36-44)52-37-45(27-32-57(52)63(56)49-22-12-4-13-23-49)46-28-33-58-53(38-46)54-39-47(29-34-59(54)64(58)50-24-14-5-15-25-50)48-30-35-60-55(40-48)61(42-18-8-2-9-19-42)62(65-60)43-20-10-3-11-21-43/h1-40H. The number of hydrogen-bond acceptors (Lipinski definition) is 1. The lowest BCUT2D eigenvalue weighted by molar-refractivity contribution is 1.18. The first kappa shape index (κ1) is 37.3. The summed E-state index contributed by atoms with van der Waals surface area (Å²) >= 11 is 1.88. The summed E-state index contributed by atoms with van der Waals surface area (Å²) in [6, 6.07) is 88.9. The molecule has 13 aromatic rings. The van der Waals surface area contributed by atoms with Gasteiger partial charge in [-0.1, -0.05) is 158 Å². The molecule has 0 saturated carbocycles. The largest absolute Gasteiger partial charge is 0.309 e. The molecule has 0 spiro atoms. The summed E-state index contributed by atoms with van der Waals surface area (Å²) in [7, 11) is 0. The summed E-state index contributed by atoms with van der Waals surface area (Å²) in [5, 5.41) is 6.23. The fraction of sp³-hybridized carbons (Fsp3) is 0. The SMILES string of the molecule is c1ccc(-c2ccc3c(c2)c2cc(-c4ccc5c(c4)c4cc(-c6ccc7sc(-c8ccccc8)c(-c8ccccc8)c7c6)ccc4n5-c4ccccc4)ccc2n3-c2ccccc2)cc1. The van der Waals surface area contributed by atoms with Gasteiger partial charge in [-0.2, -0.15) is 0 Å². The van der Waals surface area contributed by atoms with E-state index in [0.29, 0.717) is 0 Å². The maximum absolute atomic E-state index is 2.42. The summed E-state index contributed by atoms with van der Waals surface area (Å²) in [4.78, 5) is 1.30. The molecule has 0 fully saturated rings. The Hall–Kier alpha value is -8.24. The third kappa shape index (κ3) is 6.24. The zero-order valence-electron chi connectivity index (χ0n) is 35.4. The Kier molecular flexibility index (Phi) is 8.75. The number of fused-ring (bicyclic) bond motifs is 7. The van der Waals surface area contributed by atoms with Gasteiger partial charge in [0.25, 0.3) is 0 Å². The van der Waals surface area contributed by atoms with E-state index in [9.17, 15) is 0 Å². The van der Waals surface area contributed by atoms with E-state index < -0.39 is 0 Å². The Morgan fingerprint density at radius 1 is 0.246 bits per heavy atom. The van der Waals surface area contributed by atoms with Crippen LogP contribution in [0.3, 0.4) is 0 Å². The second-order valence-electron chi connectivity index (χ2n) is 16.9. The molecule has 0 aliphatic heterocycles. The first-order chi connectivity index (χ1) is 32.2. The van der Waals surface area contributed by atoms with E-state index in [0.717, 1.165) is 11.4 Å². The molecular formula is C62H40N2S. The maximum Gasteiger partial charge on any atom is 0.0541 e. The van der Waals surface area contributed by atoms with Crippen molar-refractivity contribution in [2.24, 2.45) is 0 Å². The van der Waals surface area contributed by atoms with Crippen LogP contribution in [-0.4, -0.2) is 9.13 Å². The second kappa shape index (κ2) is 15.2. The summed E-state index contributed by atoms with van der Waals surface area (Å²) in [5.74, 6) is 0. The Balaban J connectivity index is 0.998. The van der Waals surface area contributed by atoms with Crippen LogP contribution < -0.4 is 0 Å². The highest BCUT2D eigenvalue weighted by atomic mass is 32.1. The predicted molar refractivity (Wildman–Crippen MR) is 278 cm³/mol. The Bertz CT molecular complexity index is 3900.